The van der Waals surface area contributed by atoms with Crippen molar-refractivity contribution in [3.8, 4) is 0 Å². The third kappa shape index (κ3) is 3.13. The van der Waals surface area contributed by atoms with Gasteiger partial charge in [0.05, 0.1) is 17.1 Å². The number of nitrogens with two attached hydrogens (primary N) is 1. The molecule has 0 aromatic carbocycles. The van der Waals surface area contributed by atoms with Crippen LogP contribution in [0.3, 0.4) is 0 Å². The molecule has 6 nitrogen and oxygen atoms in total. The minimum Gasteiger partial charge on any atom is -0.383 e. The Kier molecular flexibility index (Phi) is 3.87. The lowest BCUT2D eigenvalue weighted by Crippen LogP contribution is -2.26. The Morgan fingerprint density at radius 2 is 2.16 bits per heavy atom. The smallest absolute Gasteiger partial charge is 0.276 e. The minimum absolute atomic E-state index is 0.0213. The van der Waals surface area contributed by atoms with Crippen molar-refractivity contribution in [1.29, 1.82) is 0 Å². The van der Waals surface area contributed by atoms with Crippen LogP contribution in [0.5, 0.6) is 0 Å². The van der Waals surface area contributed by atoms with Gasteiger partial charge in [0.1, 0.15) is 11.6 Å². The van der Waals surface area contributed by atoms with Gasteiger partial charge in [-0.1, -0.05) is 19.8 Å². The van der Waals surface area contributed by atoms with Crippen LogP contribution in [0.25, 0.3) is 0 Å². The maximum Gasteiger partial charge on any atom is 0.276 e. The Bertz CT molecular complexity index is 470. The van der Waals surface area contributed by atoms with Crippen LogP contribution in [0.2, 0.25) is 0 Å². The second-order valence-corrected chi connectivity index (χ2v) is 5.31. The van der Waals surface area contributed by atoms with Gasteiger partial charge in [0, 0.05) is 6.54 Å². The van der Waals surface area contributed by atoms with E-state index in [2.05, 4.69) is 17.2 Å². The van der Waals surface area contributed by atoms with Gasteiger partial charge < -0.3 is 11.1 Å². The van der Waals surface area contributed by atoms with Gasteiger partial charge in [-0.3, -0.25) is 10.1 Å². The molecule has 1 aromatic heterocycles. The fraction of sp³-hybridized carbons (Fsp3) is 0.615. The van der Waals surface area contributed by atoms with E-state index in [0.717, 1.165) is 13.0 Å². The summed E-state index contributed by atoms with van der Waals surface area (Å²) in [6, 6.07) is 2.71. The van der Waals surface area contributed by atoms with Crippen LogP contribution in [0.1, 0.15) is 39.0 Å². The van der Waals surface area contributed by atoms with Crippen molar-refractivity contribution in [2.24, 2.45) is 5.41 Å². The van der Waals surface area contributed by atoms with Crippen LogP contribution in [0.15, 0.2) is 12.1 Å². The number of nitrogens with zero attached hydrogens (tertiary/aromatic N) is 2. The molecule has 2 rings (SSSR count). The second-order valence-electron chi connectivity index (χ2n) is 5.31. The summed E-state index contributed by atoms with van der Waals surface area (Å²) in [7, 11) is 0. The molecule has 1 saturated carbocycles. The van der Waals surface area contributed by atoms with Crippen LogP contribution in [-0.2, 0) is 0 Å². The zero-order valence-electron chi connectivity index (χ0n) is 11.2. The number of anilines is 2. The van der Waals surface area contributed by atoms with Gasteiger partial charge in [-0.05, 0) is 24.7 Å². The topological polar surface area (TPSA) is 94.1 Å². The molecule has 19 heavy (non-hydrogen) atoms. The lowest BCUT2D eigenvalue weighted by atomic mass is 9.83. The number of hydrogen-bond acceptors (Lipinski definition) is 5. The highest BCUT2D eigenvalue weighted by Crippen LogP contribution is 2.40. The molecule has 3 N–H and O–H groups in total. The van der Waals surface area contributed by atoms with Crippen LogP contribution >= 0.6 is 0 Å². The molecule has 0 unspecified atom stereocenters. The molecule has 0 bridgehead atoms. The summed E-state index contributed by atoms with van der Waals surface area (Å²) < 4.78 is 0. The van der Waals surface area contributed by atoms with Crippen LogP contribution in [-0.4, -0.2) is 16.5 Å². The maximum atomic E-state index is 10.8. The van der Waals surface area contributed by atoms with Gasteiger partial charge in [0.25, 0.3) is 5.69 Å². The Morgan fingerprint density at radius 3 is 2.74 bits per heavy atom. The summed E-state index contributed by atoms with van der Waals surface area (Å²) >= 11 is 0. The first-order valence-corrected chi connectivity index (χ1v) is 6.70. The van der Waals surface area contributed by atoms with Crippen molar-refractivity contribution < 1.29 is 4.92 Å². The van der Waals surface area contributed by atoms with Crippen molar-refractivity contribution in [2.75, 3.05) is 17.6 Å². The van der Waals surface area contributed by atoms with E-state index in [1.54, 1.807) is 0 Å². The van der Waals surface area contributed by atoms with E-state index in [1.165, 1.54) is 37.8 Å². The molecule has 6 heteroatoms. The van der Waals surface area contributed by atoms with E-state index >= 15 is 0 Å². The third-order valence-corrected chi connectivity index (χ3v) is 4.10. The molecule has 1 aliphatic carbocycles. The number of pyridine rings is 1. The van der Waals surface area contributed by atoms with E-state index in [0.29, 0.717) is 11.2 Å². The van der Waals surface area contributed by atoms with Gasteiger partial charge in [0.15, 0.2) is 0 Å². The Labute approximate surface area is 112 Å². The van der Waals surface area contributed by atoms with Gasteiger partial charge in [0.2, 0.25) is 0 Å². The highest BCUT2D eigenvalue weighted by Gasteiger charge is 2.31. The molecule has 0 radical (unpaired) electrons. The first kappa shape index (κ1) is 13.6. The molecule has 0 spiro atoms. The van der Waals surface area contributed by atoms with Crippen molar-refractivity contribution in [3.63, 3.8) is 0 Å². The average molecular weight is 264 g/mol. The highest BCUT2D eigenvalue weighted by atomic mass is 16.6. The van der Waals surface area contributed by atoms with Crippen molar-refractivity contribution in [3.05, 3.63) is 22.2 Å². The average Bonchev–Trinajstić information content (AvgIpc) is 2.85. The molecule has 0 saturated heterocycles. The summed E-state index contributed by atoms with van der Waals surface area (Å²) in [4.78, 5) is 14.4. The summed E-state index contributed by atoms with van der Waals surface area (Å²) in [5.74, 6) is 0.667. The fourth-order valence-electron chi connectivity index (χ4n) is 2.79. The van der Waals surface area contributed by atoms with Crippen molar-refractivity contribution in [1.82, 2.24) is 4.98 Å². The molecule has 0 atom stereocenters. The molecule has 1 heterocycles. The molecule has 0 amide bonds. The predicted molar refractivity (Wildman–Crippen MR) is 75.0 cm³/mol. The van der Waals surface area contributed by atoms with E-state index in [-0.39, 0.29) is 11.5 Å². The number of hydrogen-bond donors (Lipinski definition) is 2. The van der Waals surface area contributed by atoms with Gasteiger partial charge in [-0.2, -0.15) is 0 Å². The van der Waals surface area contributed by atoms with Gasteiger partial charge >= 0.3 is 0 Å². The molecular formula is C13H20N4O2. The standard InChI is InChI=1S/C13H20N4O2/c1-2-13(5-3-4-6-13)9-15-12-8-10(17(18)19)7-11(14)16-12/h7-8H,2-6,9H2,1H3,(H3,14,15,16). The Morgan fingerprint density at radius 1 is 1.47 bits per heavy atom. The largest absolute Gasteiger partial charge is 0.383 e. The number of aromatic nitrogens is 1. The number of nitro groups is 1. The number of nitrogen functional groups attached to an aromatic ring is 1. The van der Waals surface area contributed by atoms with Crippen LogP contribution in [0.4, 0.5) is 17.3 Å². The minimum atomic E-state index is -0.450. The monoisotopic (exact) mass is 264 g/mol. The first-order chi connectivity index (χ1) is 9.04. The highest BCUT2D eigenvalue weighted by molar-refractivity contribution is 5.52. The molecular weight excluding hydrogens is 244 g/mol. The van der Waals surface area contributed by atoms with E-state index in [4.69, 9.17) is 5.73 Å². The van der Waals surface area contributed by atoms with E-state index in [9.17, 15) is 10.1 Å². The van der Waals surface area contributed by atoms with Gasteiger partial charge in [-0.15, -0.1) is 0 Å². The molecule has 104 valence electrons. The molecule has 1 aromatic rings. The van der Waals surface area contributed by atoms with E-state index in [1.807, 2.05) is 0 Å². The molecule has 1 fully saturated rings. The quantitative estimate of drug-likeness (QED) is 0.629. The van der Waals surface area contributed by atoms with E-state index < -0.39 is 4.92 Å². The normalized spacial score (nSPS) is 17.3. The summed E-state index contributed by atoms with van der Waals surface area (Å²) in [6.07, 6.45) is 6.06. The van der Waals surface area contributed by atoms with Crippen LogP contribution < -0.4 is 11.1 Å². The lowest BCUT2D eigenvalue weighted by molar-refractivity contribution is -0.384. The second kappa shape index (κ2) is 5.42. The Hall–Kier alpha value is -1.85. The summed E-state index contributed by atoms with van der Waals surface area (Å²) in [5, 5.41) is 14.0. The molecule has 1 aliphatic rings. The maximum absolute atomic E-state index is 10.8. The lowest BCUT2D eigenvalue weighted by Gasteiger charge is -2.27. The number of nitrogens with one attached hydrogen (secondary N) is 1. The van der Waals surface area contributed by atoms with Gasteiger partial charge in [-0.25, -0.2) is 4.98 Å². The zero-order valence-corrected chi connectivity index (χ0v) is 11.2. The SMILES string of the molecule is CCC1(CNc2cc([N+](=O)[O-])cc(N)n2)CCCC1. The fourth-order valence-corrected chi connectivity index (χ4v) is 2.79. The molecule has 0 aliphatic heterocycles. The van der Waals surface area contributed by atoms with Crippen LogP contribution in [0, 0.1) is 15.5 Å². The summed E-state index contributed by atoms with van der Waals surface area (Å²) in [6.45, 7) is 3.00. The predicted octanol–water partition coefficient (Wildman–Crippen LogP) is 2.95. The first-order valence-electron chi connectivity index (χ1n) is 6.70. The number of rotatable bonds is 5. The summed E-state index contributed by atoms with van der Waals surface area (Å²) in [5.41, 5.74) is 5.88. The zero-order chi connectivity index (χ0) is 13.9. The third-order valence-electron chi connectivity index (χ3n) is 4.10. The van der Waals surface area contributed by atoms with Crippen molar-refractivity contribution >= 4 is 17.3 Å². The Balaban J connectivity index is 2.08. The van der Waals surface area contributed by atoms with Crippen molar-refractivity contribution in [2.45, 2.75) is 39.0 Å².